The molecule has 10 heteroatoms. The number of nitro benzene ring substituents is 1. The number of benzene rings is 1. The number of anilines is 3. The molecule has 1 fully saturated rings. The first-order valence-electron chi connectivity index (χ1n) is 11.9. The van der Waals surface area contributed by atoms with Gasteiger partial charge in [0.05, 0.1) is 16.3 Å². The van der Waals surface area contributed by atoms with E-state index >= 15 is 0 Å². The van der Waals surface area contributed by atoms with Gasteiger partial charge in [0, 0.05) is 43.4 Å². The highest BCUT2D eigenvalue weighted by molar-refractivity contribution is 5.91. The van der Waals surface area contributed by atoms with E-state index in [-0.39, 0.29) is 17.8 Å². The van der Waals surface area contributed by atoms with Crippen LogP contribution in [0.2, 0.25) is 0 Å². The summed E-state index contributed by atoms with van der Waals surface area (Å²) in [6, 6.07) is 4.31. The van der Waals surface area contributed by atoms with Crippen molar-refractivity contribution in [1.82, 2.24) is 9.97 Å². The molecule has 1 aromatic heterocycles. The van der Waals surface area contributed by atoms with E-state index in [0.29, 0.717) is 17.2 Å². The molecule has 0 unspecified atom stereocenters. The Hall–Kier alpha value is -3.43. The predicted octanol–water partition coefficient (Wildman–Crippen LogP) is 3.95. The number of aryl methyl sites for hydroxylation is 2. The lowest BCUT2D eigenvalue weighted by Gasteiger charge is -2.36. The lowest BCUT2D eigenvalue weighted by atomic mass is 9.90. The van der Waals surface area contributed by atoms with Crippen molar-refractivity contribution >= 4 is 29.2 Å². The first-order valence-corrected chi connectivity index (χ1v) is 11.9. The zero-order chi connectivity index (χ0) is 24.4. The van der Waals surface area contributed by atoms with Crippen LogP contribution in [0.25, 0.3) is 0 Å². The van der Waals surface area contributed by atoms with Gasteiger partial charge >= 0.3 is 6.03 Å². The minimum absolute atomic E-state index is 0.0136. The zero-order valence-electron chi connectivity index (χ0n) is 20.1. The molecule has 0 atom stereocenters. The maximum Gasteiger partial charge on any atom is 0.319 e. The molecule has 2 aromatic rings. The molecule has 10 nitrogen and oxygen atoms in total. The van der Waals surface area contributed by atoms with Crippen molar-refractivity contribution in [3.8, 4) is 0 Å². The van der Waals surface area contributed by atoms with Gasteiger partial charge in [-0.3, -0.25) is 15.0 Å². The number of amides is 2. The highest BCUT2D eigenvalue weighted by Crippen LogP contribution is 2.33. The van der Waals surface area contributed by atoms with E-state index in [1.807, 2.05) is 14.1 Å². The smallest absolute Gasteiger partial charge is 0.319 e. The fraction of sp³-hybridized carbons (Fsp3) is 0.542. The lowest BCUT2D eigenvalue weighted by molar-refractivity contribution is -0.385. The van der Waals surface area contributed by atoms with Crippen molar-refractivity contribution < 1.29 is 9.72 Å². The zero-order valence-corrected chi connectivity index (χ0v) is 20.1. The molecule has 1 heterocycles. The van der Waals surface area contributed by atoms with E-state index in [4.69, 9.17) is 15.7 Å². The number of carbonyl (C=O) groups is 1. The van der Waals surface area contributed by atoms with Crippen molar-refractivity contribution in [3.63, 3.8) is 0 Å². The summed E-state index contributed by atoms with van der Waals surface area (Å²) in [5.41, 5.74) is 9.11. The van der Waals surface area contributed by atoms with E-state index in [9.17, 15) is 14.9 Å². The van der Waals surface area contributed by atoms with Crippen molar-refractivity contribution in [2.24, 2.45) is 5.73 Å². The predicted molar refractivity (Wildman–Crippen MR) is 133 cm³/mol. The van der Waals surface area contributed by atoms with Crippen molar-refractivity contribution in [2.75, 3.05) is 29.2 Å². The van der Waals surface area contributed by atoms with Gasteiger partial charge in [0.1, 0.15) is 5.82 Å². The summed E-state index contributed by atoms with van der Waals surface area (Å²) >= 11 is 0. The fourth-order valence-corrected chi connectivity index (χ4v) is 5.13. The van der Waals surface area contributed by atoms with Crippen LogP contribution in [0.15, 0.2) is 18.2 Å². The SMILES string of the molecule is Cc1ccc(N(C(N)=O)[C@H]2CC[C@@H](Nc3nc4c(c(N(C)C)n3)CCCC4)CC2)cc1[N+](=O)[O-]. The Kier molecular flexibility index (Phi) is 6.85. The molecule has 2 aliphatic rings. The van der Waals surface area contributed by atoms with Gasteiger partial charge in [0.25, 0.3) is 5.69 Å². The largest absolute Gasteiger partial charge is 0.362 e. The second-order valence-electron chi connectivity index (χ2n) is 9.48. The molecular weight excluding hydrogens is 434 g/mol. The number of fused-ring (bicyclic) bond motifs is 1. The van der Waals surface area contributed by atoms with Gasteiger partial charge in [0.15, 0.2) is 0 Å². The maximum absolute atomic E-state index is 12.3. The van der Waals surface area contributed by atoms with Gasteiger partial charge in [-0.15, -0.1) is 0 Å². The summed E-state index contributed by atoms with van der Waals surface area (Å²) in [5, 5.41) is 14.9. The van der Waals surface area contributed by atoms with Gasteiger partial charge in [-0.25, -0.2) is 9.78 Å². The third-order valence-corrected chi connectivity index (χ3v) is 6.88. The van der Waals surface area contributed by atoms with Crippen LogP contribution in [0.3, 0.4) is 0 Å². The standard InChI is InChI=1S/C24H33N7O3/c1-15-8-11-18(14-21(15)31(33)34)30(23(25)32)17-12-9-16(10-13-17)26-24-27-20-7-5-4-6-19(20)22(28-24)29(2)3/h8,11,14,16-17H,4-7,9-10,12-13H2,1-3H3,(H2,25,32)(H,26,27,28)/t16-,17+. The highest BCUT2D eigenvalue weighted by atomic mass is 16.6. The minimum Gasteiger partial charge on any atom is -0.362 e. The first-order chi connectivity index (χ1) is 16.2. The van der Waals surface area contributed by atoms with Gasteiger partial charge in [-0.2, -0.15) is 4.98 Å². The maximum atomic E-state index is 12.3. The number of carbonyl (C=O) groups excluding carboxylic acids is 1. The molecule has 1 aromatic carbocycles. The van der Waals surface area contributed by atoms with Crippen LogP contribution >= 0.6 is 0 Å². The van der Waals surface area contributed by atoms with E-state index in [1.165, 1.54) is 23.0 Å². The van der Waals surface area contributed by atoms with E-state index in [1.54, 1.807) is 19.1 Å². The number of nitrogens with two attached hydrogens (primary N) is 1. The van der Waals surface area contributed by atoms with Crippen LogP contribution in [-0.2, 0) is 12.8 Å². The second-order valence-corrected chi connectivity index (χ2v) is 9.48. The Morgan fingerprint density at radius 1 is 1.15 bits per heavy atom. The van der Waals surface area contributed by atoms with E-state index in [2.05, 4.69) is 10.2 Å². The average Bonchev–Trinajstić information content (AvgIpc) is 2.80. The number of hydrogen-bond acceptors (Lipinski definition) is 7. The summed E-state index contributed by atoms with van der Waals surface area (Å²) < 4.78 is 0. The first kappa shape index (κ1) is 23.7. The van der Waals surface area contributed by atoms with Crippen LogP contribution < -0.4 is 20.9 Å². The van der Waals surface area contributed by atoms with Crippen LogP contribution in [0.4, 0.5) is 27.9 Å². The Labute approximate surface area is 199 Å². The van der Waals surface area contributed by atoms with Gasteiger partial charge < -0.3 is 16.0 Å². The van der Waals surface area contributed by atoms with Crippen LogP contribution in [0, 0.1) is 17.0 Å². The van der Waals surface area contributed by atoms with Crippen molar-refractivity contribution in [1.29, 1.82) is 0 Å². The van der Waals surface area contributed by atoms with Gasteiger partial charge in [0.2, 0.25) is 5.95 Å². The average molecular weight is 468 g/mol. The molecular formula is C24H33N7O3. The van der Waals surface area contributed by atoms with E-state index < -0.39 is 11.0 Å². The van der Waals surface area contributed by atoms with Crippen LogP contribution in [0.5, 0.6) is 0 Å². The normalized spacial score (nSPS) is 19.7. The van der Waals surface area contributed by atoms with Gasteiger partial charge in [-0.05, 0) is 64.4 Å². The monoisotopic (exact) mass is 467 g/mol. The molecule has 34 heavy (non-hydrogen) atoms. The number of nitro groups is 1. The molecule has 0 bridgehead atoms. The van der Waals surface area contributed by atoms with Crippen LogP contribution in [-0.4, -0.2) is 47.1 Å². The fourth-order valence-electron chi connectivity index (χ4n) is 5.13. The molecule has 182 valence electrons. The Morgan fingerprint density at radius 3 is 2.50 bits per heavy atom. The number of nitrogens with zero attached hydrogens (tertiary/aromatic N) is 5. The molecule has 1 saturated carbocycles. The molecule has 3 N–H and O–H groups in total. The second kappa shape index (κ2) is 9.82. The van der Waals surface area contributed by atoms with Crippen LogP contribution in [0.1, 0.15) is 55.3 Å². The Balaban J connectivity index is 1.46. The Morgan fingerprint density at radius 2 is 1.85 bits per heavy atom. The quantitative estimate of drug-likeness (QED) is 0.486. The third-order valence-electron chi connectivity index (χ3n) is 6.88. The number of hydrogen-bond donors (Lipinski definition) is 2. The molecule has 4 rings (SSSR count). The minimum atomic E-state index is -0.594. The summed E-state index contributed by atoms with van der Waals surface area (Å²) in [7, 11) is 4.03. The molecule has 2 amide bonds. The molecule has 0 saturated heterocycles. The highest BCUT2D eigenvalue weighted by Gasteiger charge is 2.31. The number of rotatable bonds is 6. The van der Waals surface area contributed by atoms with Crippen molar-refractivity contribution in [2.45, 2.75) is 70.4 Å². The number of nitrogens with one attached hydrogen (secondary N) is 1. The number of primary amides is 1. The topological polar surface area (TPSA) is 131 Å². The van der Waals surface area contributed by atoms with Gasteiger partial charge in [-0.1, -0.05) is 6.07 Å². The summed E-state index contributed by atoms with van der Waals surface area (Å²) in [5.74, 6) is 1.65. The summed E-state index contributed by atoms with van der Waals surface area (Å²) in [6.07, 6.45) is 7.43. The van der Waals surface area contributed by atoms with Crippen molar-refractivity contribution in [3.05, 3.63) is 45.1 Å². The molecule has 0 radical (unpaired) electrons. The molecule has 0 aliphatic heterocycles. The van der Waals surface area contributed by atoms with E-state index in [0.717, 1.165) is 56.5 Å². The Bertz CT molecular complexity index is 1080. The third kappa shape index (κ3) is 4.90. The lowest BCUT2D eigenvalue weighted by Crippen LogP contribution is -2.47. The number of aromatic nitrogens is 2. The summed E-state index contributed by atoms with van der Waals surface area (Å²) in [4.78, 5) is 36.4. The molecule has 0 spiro atoms. The number of urea groups is 1. The molecule has 2 aliphatic carbocycles. The summed E-state index contributed by atoms with van der Waals surface area (Å²) in [6.45, 7) is 1.68.